The summed E-state index contributed by atoms with van der Waals surface area (Å²) >= 11 is 0. The summed E-state index contributed by atoms with van der Waals surface area (Å²) in [6.45, 7) is 1.06. The number of piperidine rings is 1. The van der Waals surface area contributed by atoms with Crippen molar-refractivity contribution >= 4 is 16.9 Å². The zero-order valence-electron chi connectivity index (χ0n) is 14.1. The van der Waals surface area contributed by atoms with Crippen LogP contribution in [0, 0.1) is 17.6 Å². The molecule has 1 fully saturated rings. The van der Waals surface area contributed by atoms with Gasteiger partial charge >= 0.3 is 0 Å². The monoisotopic (exact) mass is 356 g/mol. The number of aromatic nitrogens is 3. The van der Waals surface area contributed by atoms with E-state index in [1.807, 2.05) is 24.3 Å². The molecule has 1 saturated heterocycles. The summed E-state index contributed by atoms with van der Waals surface area (Å²) in [5, 5.41) is 0. The summed E-state index contributed by atoms with van der Waals surface area (Å²) in [5.74, 6) is -1.08. The number of amides is 1. The third-order valence-electron chi connectivity index (χ3n) is 4.74. The van der Waals surface area contributed by atoms with Crippen molar-refractivity contribution in [1.82, 2.24) is 19.9 Å². The second-order valence-corrected chi connectivity index (χ2v) is 6.65. The second kappa shape index (κ2) is 6.82. The predicted molar refractivity (Wildman–Crippen MR) is 92.6 cm³/mol. The molecule has 0 bridgehead atoms. The summed E-state index contributed by atoms with van der Waals surface area (Å²) < 4.78 is 26.9. The minimum absolute atomic E-state index is 0.233. The van der Waals surface area contributed by atoms with Crippen molar-refractivity contribution in [2.45, 2.75) is 19.3 Å². The van der Waals surface area contributed by atoms with Crippen molar-refractivity contribution in [2.75, 3.05) is 13.1 Å². The molecule has 2 aromatic heterocycles. The molecule has 0 saturated carbocycles. The Morgan fingerprint density at radius 2 is 2.15 bits per heavy atom. The first kappa shape index (κ1) is 16.6. The molecule has 1 atom stereocenters. The van der Waals surface area contributed by atoms with E-state index in [9.17, 15) is 13.6 Å². The first-order chi connectivity index (χ1) is 12.6. The molecule has 1 N–H and O–H groups in total. The van der Waals surface area contributed by atoms with Crippen molar-refractivity contribution in [3.63, 3.8) is 0 Å². The van der Waals surface area contributed by atoms with Gasteiger partial charge in [-0.2, -0.15) is 0 Å². The van der Waals surface area contributed by atoms with Gasteiger partial charge in [-0.1, -0.05) is 12.1 Å². The van der Waals surface area contributed by atoms with Crippen LogP contribution in [0.2, 0.25) is 0 Å². The smallest absolute Gasteiger partial charge is 0.275 e. The molecule has 3 aromatic rings. The zero-order valence-corrected chi connectivity index (χ0v) is 14.1. The third kappa shape index (κ3) is 3.29. The minimum Gasteiger partial charge on any atom is -0.342 e. The molecule has 7 heteroatoms. The molecular formula is C19H18F2N4O. The first-order valence-corrected chi connectivity index (χ1v) is 8.64. The number of carbonyl (C=O) groups excluding carboxylic acids is 1. The van der Waals surface area contributed by atoms with Crippen LogP contribution in [-0.4, -0.2) is 38.8 Å². The molecule has 134 valence electrons. The van der Waals surface area contributed by atoms with E-state index in [4.69, 9.17) is 0 Å². The number of nitrogens with zero attached hydrogens (tertiary/aromatic N) is 3. The Labute approximate surface area is 149 Å². The van der Waals surface area contributed by atoms with Crippen LogP contribution in [0.3, 0.4) is 0 Å². The van der Waals surface area contributed by atoms with Gasteiger partial charge in [-0.25, -0.2) is 18.7 Å². The average Bonchev–Trinajstić information content (AvgIpc) is 3.03. The quantitative estimate of drug-likeness (QED) is 0.783. The van der Waals surface area contributed by atoms with E-state index in [0.29, 0.717) is 19.2 Å². The van der Waals surface area contributed by atoms with E-state index in [1.54, 1.807) is 4.90 Å². The lowest BCUT2D eigenvalue weighted by molar-refractivity contribution is 0.0661. The lowest BCUT2D eigenvalue weighted by Gasteiger charge is -2.32. The lowest BCUT2D eigenvalue weighted by atomic mass is 9.94. The van der Waals surface area contributed by atoms with Gasteiger partial charge in [0, 0.05) is 25.6 Å². The number of carbonyl (C=O) groups is 1. The van der Waals surface area contributed by atoms with E-state index >= 15 is 0 Å². The van der Waals surface area contributed by atoms with E-state index in [0.717, 1.165) is 42.3 Å². The number of halogens is 2. The largest absolute Gasteiger partial charge is 0.342 e. The molecule has 1 aromatic carbocycles. The Bertz CT molecular complexity index is 923. The Morgan fingerprint density at radius 1 is 1.31 bits per heavy atom. The van der Waals surface area contributed by atoms with Gasteiger partial charge in [-0.05, 0) is 30.9 Å². The molecule has 5 nitrogen and oxygen atoms in total. The zero-order chi connectivity index (χ0) is 18.1. The number of imidazole rings is 1. The summed E-state index contributed by atoms with van der Waals surface area (Å²) in [6.07, 6.45) is 3.39. The number of pyridine rings is 1. The van der Waals surface area contributed by atoms with E-state index in [2.05, 4.69) is 15.0 Å². The fourth-order valence-electron chi connectivity index (χ4n) is 3.51. The SMILES string of the molecule is O=C(c1ncc(F)cc1F)N1CCCC(Cc2nc3ccccc3[nH]2)C1. The normalized spacial score (nSPS) is 17.6. The maximum absolute atomic E-state index is 13.9. The third-order valence-corrected chi connectivity index (χ3v) is 4.74. The number of hydrogen-bond donors (Lipinski definition) is 1. The lowest BCUT2D eigenvalue weighted by Crippen LogP contribution is -2.41. The minimum atomic E-state index is -0.922. The number of benzene rings is 1. The summed E-state index contributed by atoms with van der Waals surface area (Å²) in [5.41, 5.74) is 1.59. The van der Waals surface area contributed by atoms with Crippen molar-refractivity contribution in [2.24, 2.45) is 5.92 Å². The molecule has 0 aliphatic carbocycles. The molecule has 3 heterocycles. The van der Waals surface area contributed by atoms with Crippen LogP contribution < -0.4 is 0 Å². The number of nitrogens with one attached hydrogen (secondary N) is 1. The van der Waals surface area contributed by atoms with E-state index in [1.165, 1.54) is 0 Å². The number of para-hydroxylation sites is 2. The topological polar surface area (TPSA) is 61.9 Å². The van der Waals surface area contributed by atoms with Crippen molar-refractivity contribution in [1.29, 1.82) is 0 Å². The highest BCUT2D eigenvalue weighted by atomic mass is 19.1. The Kier molecular flexibility index (Phi) is 4.36. The molecular weight excluding hydrogens is 338 g/mol. The first-order valence-electron chi connectivity index (χ1n) is 8.64. The van der Waals surface area contributed by atoms with Crippen LogP contribution in [0.5, 0.6) is 0 Å². The predicted octanol–water partition coefficient (Wildman–Crippen LogP) is 3.33. The molecule has 1 aliphatic heterocycles. The Balaban J connectivity index is 1.47. The van der Waals surface area contributed by atoms with Gasteiger partial charge in [0.2, 0.25) is 0 Å². The summed E-state index contributed by atoms with van der Waals surface area (Å²) in [7, 11) is 0. The number of hydrogen-bond acceptors (Lipinski definition) is 3. The maximum Gasteiger partial charge on any atom is 0.275 e. The maximum atomic E-state index is 13.9. The molecule has 0 radical (unpaired) electrons. The van der Waals surface area contributed by atoms with Crippen LogP contribution in [0.1, 0.15) is 29.2 Å². The Morgan fingerprint density at radius 3 is 2.96 bits per heavy atom. The van der Waals surface area contributed by atoms with Crippen LogP contribution in [0.25, 0.3) is 11.0 Å². The summed E-state index contributed by atoms with van der Waals surface area (Å²) in [4.78, 5) is 25.7. The molecule has 1 unspecified atom stereocenters. The number of H-pyrrole nitrogens is 1. The second-order valence-electron chi connectivity index (χ2n) is 6.65. The highest BCUT2D eigenvalue weighted by Gasteiger charge is 2.27. The number of likely N-dealkylation sites (tertiary alicyclic amines) is 1. The van der Waals surface area contributed by atoms with Gasteiger partial charge in [-0.15, -0.1) is 0 Å². The van der Waals surface area contributed by atoms with Crippen molar-refractivity contribution in [3.8, 4) is 0 Å². The molecule has 26 heavy (non-hydrogen) atoms. The van der Waals surface area contributed by atoms with E-state index < -0.39 is 17.5 Å². The average molecular weight is 356 g/mol. The van der Waals surface area contributed by atoms with E-state index in [-0.39, 0.29) is 11.6 Å². The molecule has 1 amide bonds. The number of fused-ring (bicyclic) bond motifs is 1. The van der Waals surface area contributed by atoms with Crippen molar-refractivity contribution in [3.05, 3.63) is 59.7 Å². The van der Waals surface area contributed by atoms with Crippen LogP contribution >= 0.6 is 0 Å². The van der Waals surface area contributed by atoms with Crippen LogP contribution in [0.4, 0.5) is 8.78 Å². The van der Waals surface area contributed by atoms with Crippen LogP contribution in [-0.2, 0) is 6.42 Å². The number of rotatable bonds is 3. The van der Waals surface area contributed by atoms with Gasteiger partial charge in [0.15, 0.2) is 11.5 Å². The standard InChI is InChI=1S/C19H18F2N4O/c20-13-9-14(21)18(22-10-13)19(26)25-7-3-4-12(11-25)8-17-23-15-5-1-2-6-16(15)24-17/h1-2,5-6,9-10,12H,3-4,7-8,11H2,(H,23,24). The van der Waals surface area contributed by atoms with Crippen LogP contribution in [0.15, 0.2) is 36.5 Å². The fourth-order valence-corrected chi connectivity index (χ4v) is 3.51. The van der Waals surface area contributed by atoms with Crippen molar-refractivity contribution < 1.29 is 13.6 Å². The molecule has 4 rings (SSSR count). The number of aromatic amines is 1. The Hall–Kier alpha value is -2.83. The highest BCUT2D eigenvalue weighted by Crippen LogP contribution is 2.23. The van der Waals surface area contributed by atoms with Gasteiger partial charge in [0.25, 0.3) is 5.91 Å². The van der Waals surface area contributed by atoms with Gasteiger partial charge in [-0.3, -0.25) is 4.79 Å². The summed E-state index contributed by atoms with van der Waals surface area (Å²) in [6, 6.07) is 8.52. The van der Waals surface area contributed by atoms with Gasteiger partial charge < -0.3 is 9.88 Å². The van der Waals surface area contributed by atoms with Gasteiger partial charge in [0.1, 0.15) is 11.6 Å². The fraction of sp³-hybridized carbons (Fsp3) is 0.316. The van der Waals surface area contributed by atoms with Gasteiger partial charge in [0.05, 0.1) is 17.2 Å². The highest BCUT2D eigenvalue weighted by molar-refractivity contribution is 5.92. The molecule has 1 aliphatic rings. The molecule has 0 spiro atoms.